The first-order valence-electron chi connectivity index (χ1n) is 10.4. The molecule has 2 heterocycles. The van der Waals surface area contributed by atoms with Crippen LogP contribution in [0.1, 0.15) is 6.42 Å². The summed E-state index contributed by atoms with van der Waals surface area (Å²) >= 11 is 1.34. The number of hydrogen-bond donors (Lipinski definition) is 2. The summed E-state index contributed by atoms with van der Waals surface area (Å²) in [4.78, 5) is 41.4. The highest BCUT2D eigenvalue weighted by atomic mass is 32.1. The monoisotopic (exact) mass is 478 g/mol. The Morgan fingerprint density at radius 1 is 0.941 bits per heavy atom. The van der Waals surface area contributed by atoms with E-state index in [9.17, 15) is 14.4 Å². The standard InChI is InChI=1S/C24H22N4O5S/c1-32-17-7-3-15(4-8-17)22-23(16-5-9-18(33-2)10-6-16)34-24(26-22)25-19(29)13-14-28-21(31)12-11-20(30)27-28/h3-12H,13-14H2,1-2H3,(H,27,30)(H,25,26,29). The molecule has 2 aromatic carbocycles. The number of hydrogen-bond acceptors (Lipinski definition) is 7. The Kier molecular flexibility index (Phi) is 6.88. The van der Waals surface area contributed by atoms with Crippen molar-refractivity contribution in [1.82, 2.24) is 14.8 Å². The molecule has 0 bridgehead atoms. The van der Waals surface area contributed by atoms with E-state index in [4.69, 9.17) is 9.47 Å². The second-order valence-electron chi connectivity index (χ2n) is 7.25. The largest absolute Gasteiger partial charge is 0.497 e. The average Bonchev–Trinajstić information content (AvgIpc) is 3.28. The normalized spacial score (nSPS) is 10.6. The molecule has 1 amide bonds. The molecule has 10 heteroatoms. The van der Waals surface area contributed by atoms with Gasteiger partial charge in [0.15, 0.2) is 5.13 Å². The number of rotatable bonds is 8. The van der Waals surface area contributed by atoms with Gasteiger partial charge in [-0.3, -0.25) is 19.5 Å². The van der Waals surface area contributed by atoms with Gasteiger partial charge in [-0.05, 0) is 54.1 Å². The summed E-state index contributed by atoms with van der Waals surface area (Å²) in [6.07, 6.45) is -0.00478. The van der Waals surface area contributed by atoms with Gasteiger partial charge in [0.25, 0.3) is 11.1 Å². The molecule has 4 aromatic rings. The number of aromatic amines is 1. The maximum atomic E-state index is 12.6. The summed E-state index contributed by atoms with van der Waals surface area (Å²) in [5.74, 6) is 1.14. The summed E-state index contributed by atoms with van der Waals surface area (Å²) < 4.78 is 11.6. The number of carbonyl (C=O) groups is 1. The topological polar surface area (TPSA) is 115 Å². The third-order valence-electron chi connectivity index (χ3n) is 5.04. The molecule has 2 aromatic heterocycles. The van der Waals surface area contributed by atoms with Crippen LogP contribution in [-0.2, 0) is 11.3 Å². The SMILES string of the molecule is COc1ccc(-c2nc(NC(=O)CCn3[nH]c(=O)ccc3=O)sc2-c2ccc(OC)cc2)cc1. The summed E-state index contributed by atoms with van der Waals surface area (Å²) in [5.41, 5.74) is 1.73. The zero-order valence-corrected chi connectivity index (χ0v) is 19.3. The first-order chi connectivity index (χ1) is 16.5. The van der Waals surface area contributed by atoms with Gasteiger partial charge in [0, 0.05) is 24.1 Å². The van der Waals surface area contributed by atoms with Gasteiger partial charge in [0.1, 0.15) is 11.5 Å². The fraction of sp³-hybridized carbons (Fsp3) is 0.167. The number of nitrogens with one attached hydrogen (secondary N) is 2. The van der Waals surface area contributed by atoms with E-state index in [2.05, 4.69) is 15.4 Å². The van der Waals surface area contributed by atoms with Gasteiger partial charge in [0.05, 0.1) is 31.3 Å². The second-order valence-corrected chi connectivity index (χ2v) is 8.25. The van der Waals surface area contributed by atoms with E-state index in [1.807, 2.05) is 48.5 Å². The van der Waals surface area contributed by atoms with Crippen LogP contribution in [0, 0.1) is 0 Å². The molecule has 0 atom stereocenters. The molecule has 0 unspecified atom stereocenters. The van der Waals surface area contributed by atoms with E-state index in [-0.39, 0.29) is 24.4 Å². The van der Waals surface area contributed by atoms with Crippen LogP contribution >= 0.6 is 11.3 Å². The first kappa shape index (κ1) is 23.0. The van der Waals surface area contributed by atoms with Crippen LogP contribution < -0.4 is 25.9 Å². The van der Waals surface area contributed by atoms with Gasteiger partial charge in [-0.15, -0.1) is 0 Å². The molecule has 4 rings (SSSR count). The van der Waals surface area contributed by atoms with Gasteiger partial charge in [-0.2, -0.15) is 0 Å². The van der Waals surface area contributed by atoms with Gasteiger partial charge in [0.2, 0.25) is 5.91 Å². The Balaban J connectivity index is 1.60. The van der Waals surface area contributed by atoms with E-state index < -0.39 is 5.56 Å². The van der Waals surface area contributed by atoms with Crippen molar-refractivity contribution in [2.24, 2.45) is 0 Å². The van der Waals surface area contributed by atoms with Crippen LogP contribution in [0.3, 0.4) is 0 Å². The van der Waals surface area contributed by atoms with Crippen LogP contribution in [0.15, 0.2) is 70.3 Å². The second kappa shape index (κ2) is 10.2. The first-order valence-corrected chi connectivity index (χ1v) is 11.2. The zero-order chi connectivity index (χ0) is 24.1. The van der Waals surface area contributed by atoms with Crippen molar-refractivity contribution in [3.63, 3.8) is 0 Å². The number of amides is 1. The van der Waals surface area contributed by atoms with Gasteiger partial charge < -0.3 is 14.8 Å². The van der Waals surface area contributed by atoms with Crippen molar-refractivity contribution in [3.05, 3.63) is 81.4 Å². The molecule has 0 saturated heterocycles. The number of anilines is 1. The summed E-state index contributed by atoms with van der Waals surface area (Å²) in [7, 11) is 3.21. The third kappa shape index (κ3) is 5.24. The highest BCUT2D eigenvalue weighted by Crippen LogP contribution is 2.40. The van der Waals surface area contributed by atoms with E-state index in [0.717, 1.165) is 43.9 Å². The number of thiazole rings is 1. The Hall–Kier alpha value is -4.18. The predicted molar refractivity (Wildman–Crippen MR) is 131 cm³/mol. The minimum Gasteiger partial charge on any atom is -0.497 e. The average molecular weight is 479 g/mol. The number of ether oxygens (including phenoxy) is 2. The quantitative estimate of drug-likeness (QED) is 0.401. The number of H-pyrrole nitrogens is 1. The Morgan fingerprint density at radius 2 is 1.56 bits per heavy atom. The van der Waals surface area contributed by atoms with Crippen LogP contribution in [0.25, 0.3) is 21.7 Å². The van der Waals surface area contributed by atoms with E-state index >= 15 is 0 Å². The Morgan fingerprint density at radius 3 is 2.18 bits per heavy atom. The maximum Gasteiger partial charge on any atom is 0.265 e. The molecule has 0 aliphatic rings. The van der Waals surface area contributed by atoms with Crippen LogP contribution in [0.2, 0.25) is 0 Å². The zero-order valence-electron chi connectivity index (χ0n) is 18.5. The molecule has 0 aliphatic carbocycles. The molecular formula is C24H22N4O5S. The fourth-order valence-electron chi connectivity index (χ4n) is 3.28. The van der Waals surface area contributed by atoms with Crippen molar-refractivity contribution in [3.8, 4) is 33.2 Å². The predicted octanol–water partition coefficient (Wildman–Crippen LogP) is 3.37. The number of aryl methyl sites for hydroxylation is 1. The number of methoxy groups -OCH3 is 2. The van der Waals surface area contributed by atoms with Gasteiger partial charge >= 0.3 is 0 Å². The van der Waals surface area contributed by atoms with Gasteiger partial charge in [-0.25, -0.2) is 9.67 Å². The van der Waals surface area contributed by atoms with Crippen LogP contribution in [-0.4, -0.2) is 34.9 Å². The third-order valence-corrected chi connectivity index (χ3v) is 6.06. The lowest BCUT2D eigenvalue weighted by molar-refractivity contribution is -0.116. The highest BCUT2D eigenvalue weighted by Gasteiger charge is 2.17. The lowest BCUT2D eigenvalue weighted by Gasteiger charge is -2.05. The van der Waals surface area contributed by atoms with Crippen LogP contribution in [0.5, 0.6) is 11.5 Å². The Labute approximate surface area is 198 Å². The van der Waals surface area contributed by atoms with Crippen molar-refractivity contribution in [1.29, 1.82) is 0 Å². The number of nitrogens with zero attached hydrogens (tertiary/aromatic N) is 2. The lowest BCUT2D eigenvalue weighted by atomic mass is 10.1. The molecule has 0 spiro atoms. The highest BCUT2D eigenvalue weighted by molar-refractivity contribution is 7.19. The molecule has 2 N–H and O–H groups in total. The van der Waals surface area contributed by atoms with E-state index in [0.29, 0.717) is 5.13 Å². The number of benzene rings is 2. The minimum absolute atomic E-state index is 0.00478. The molecule has 0 saturated carbocycles. The van der Waals surface area contributed by atoms with Crippen molar-refractivity contribution in [2.45, 2.75) is 13.0 Å². The lowest BCUT2D eigenvalue weighted by Crippen LogP contribution is -2.29. The van der Waals surface area contributed by atoms with E-state index in [1.54, 1.807) is 14.2 Å². The molecule has 9 nitrogen and oxygen atoms in total. The molecule has 0 fully saturated rings. The van der Waals surface area contributed by atoms with Crippen molar-refractivity contribution in [2.75, 3.05) is 19.5 Å². The molecular weight excluding hydrogens is 456 g/mol. The van der Waals surface area contributed by atoms with Gasteiger partial charge in [-0.1, -0.05) is 11.3 Å². The minimum atomic E-state index is -0.409. The summed E-state index contributed by atoms with van der Waals surface area (Å²) in [5, 5.41) is 5.63. The van der Waals surface area contributed by atoms with Crippen molar-refractivity contribution < 1.29 is 14.3 Å². The summed E-state index contributed by atoms with van der Waals surface area (Å²) in [6.45, 7) is 0.0444. The summed E-state index contributed by atoms with van der Waals surface area (Å²) in [6, 6.07) is 17.4. The smallest absolute Gasteiger partial charge is 0.265 e. The molecule has 34 heavy (non-hydrogen) atoms. The fourth-order valence-corrected chi connectivity index (χ4v) is 4.29. The van der Waals surface area contributed by atoms with Crippen LogP contribution in [0.4, 0.5) is 5.13 Å². The number of aromatic nitrogens is 3. The van der Waals surface area contributed by atoms with E-state index in [1.165, 1.54) is 17.4 Å². The maximum absolute atomic E-state index is 12.6. The number of carbonyl (C=O) groups excluding carboxylic acids is 1. The Bertz CT molecular complexity index is 1340. The van der Waals surface area contributed by atoms with Crippen molar-refractivity contribution >= 4 is 22.4 Å². The molecule has 174 valence electrons. The molecule has 0 radical (unpaired) electrons. The molecule has 0 aliphatic heterocycles.